The molecule has 1 aromatic rings. The van der Waals surface area contributed by atoms with Gasteiger partial charge in [0, 0.05) is 12.4 Å². The van der Waals surface area contributed by atoms with E-state index in [1.165, 1.54) is 0 Å². The van der Waals surface area contributed by atoms with Gasteiger partial charge in [-0.2, -0.15) is 16.7 Å². The summed E-state index contributed by atoms with van der Waals surface area (Å²) in [5.41, 5.74) is 0. The fraction of sp³-hybridized carbons (Fsp3) is 0.700. The van der Waals surface area contributed by atoms with Gasteiger partial charge in [-0.1, -0.05) is 5.16 Å². The molecule has 88 valence electrons. The van der Waals surface area contributed by atoms with E-state index >= 15 is 0 Å². The van der Waals surface area contributed by atoms with Crippen LogP contribution in [0.3, 0.4) is 0 Å². The van der Waals surface area contributed by atoms with Crippen LogP contribution in [0.1, 0.15) is 37.6 Å². The summed E-state index contributed by atoms with van der Waals surface area (Å²) in [6, 6.07) is 0. The van der Waals surface area contributed by atoms with E-state index in [0.717, 1.165) is 5.75 Å². The van der Waals surface area contributed by atoms with Gasteiger partial charge in [0.25, 0.3) is 0 Å². The molecule has 6 heteroatoms. The predicted molar refractivity (Wildman–Crippen MR) is 59.4 cm³/mol. The first-order valence-corrected chi connectivity index (χ1v) is 6.43. The lowest BCUT2D eigenvalue weighted by Crippen LogP contribution is -2.09. The van der Waals surface area contributed by atoms with Crippen LogP contribution in [0.15, 0.2) is 4.52 Å². The number of Topliss-reactive ketones (excluding diaryl/α,β-unsaturated/α-hetero) is 1. The molecule has 2 heterocycles. The minimum absolute atomic E-state index is 0.171. The molecule has 16 heavy (non-hydrogen) atoms. The van der Waals surface area contributed by atoms with Crippen molar-refractivity contribution < 1.29 is 14.1 Å². The van der Waals surface area contributed by atoms with Gasteiger partial charge in [0.05, 0.1) is 5.75 Å². The van der Waals surface area contributed by atoms with Crippen molar-refractivity contribution in [2.45, 2.75) is 25.9 Å². The highest BCUT2D eigenvalue weighted by atomic mass is 32.2. The number of nitrogens with zero attached hydrogens (tertiary/aromatic N) is 2. The van der Waals surface area contributed by atoms with Crippen molar-refractivity contribution in [1.29, 1.82) is 0 Å². The van der Waals surface area contributed by atoms with Crippen LogP contribution in [0.4, 0.5) is 0 Å². The van der Waals surface area contributed by atoms with Gasteiger partial charge in [0.2, 0.25) is 5.89 Å². The van der Waals surface area contributed by atoms with Gasteiger partial charge in [-0.3, -0.25) is 4.79 Å². The average molecular weight is 242 g/mol. The number of hydrogen-bond donors (Lipinski definition) is 0. The first-order valence-electron chi connectivity index (χ1n) is 5.28. The third-order valence-electron chi connectivity index (χ3n) is 2.45. The van der Waals surface area contributed by atoms with E-state index < -0.39 is 0 Å². The second kappa shape index (κ2) is 4.97. The molecule has 0 spiro atoms. The number of rotatable bonds is 4. The highest BCUT2D eigenvalue weighted by molar-refractivity contribution is 8.00. The van der Waals surface area contributed by atoms with E-state index in [0.29, 0.717) is 24.1 Å². The summed E-state index contributed by atoms with van der Waals surface area (Å²) in [7, 11) is 0. The van der Waals surface area contributed by atoms with Crippen LogP contribution in [-0.2, 0) is 9.53 Å². The molecule has 0 N–H and O–H groups in total. The van der Waals surface area contributed by atoms with Gasteiger partial charge in [-0.05, 0) is 13.8 Å². The number of thioether (sulfide) groups is 1. The van der Waals surface area contributed by atoms with Gasteiger partial charge < -0.3 is 9.26 Å². The summed E-state index contributed by atoms with van der Waals surface area (Å²) in [4.78, 5) is 15.7. The smallest absolute Gasteiger partial charge is 0.238 e. The van der Waals surface area contributed by atoms with Crippen molar-refractivity contribution in [2.24, 2.45) is 0 Å². The topological polar surface area (TPSA) is 65.2 Å². The molecule has 0 bridgehead atoms. The highest BCUT2D eigenvalue weighted by Gasteiger charge is 2.32. The molecule has 1 aliphatic heterocycles. The van der Waals surface area contributed by atoms with E-state index in [-0.39, 0.29) is 17.8 Å². The maximum atomic E-state index is 11.5. The standard InChI is InChI=1S/C10H14N2O3S/c1-3-14-6(2)9-11-10(15-12-9)7-4-16-5-8(7)13/h6-7H,3-5H2,1-2H3. The monoisotopic (exact) mass is 242 g/mol. The average Bonchev–Trinajstić information content (AvgIpc) is 2.86. The van der Waals surface area contributed by atoms with Crippen molar-refractivity contribution in [3.05, 3.63) is 11.7 Å². The van der Waals surface area contributed by atoms with E-state index in [4.69, 9.17) is 9.26 Å². The van der Waals surface area contributed by atoms with Crippen molar-refractivity contribution in [3.63, 3.8) is 0 Å². The number of ketones is 1. The Morgan fingerprint density at radius 3 is 3.12 bits per heavy atom. The molecule has 2 rings (SSSR count). The van der Waals surface area contributed by atoms with Crippen LogP contribution in [0, 0.1) is 0 Å². The highest BCUT2D eigenvalue weighted by Crippen LogP contribution is 2.29. The number of carbonyl (C=O) groups excluding carboxylic acids is 1. The lowest BCUT2D eigenvalue weighted by Gasteiger charge is -2.05. The zero-order valence-corrected chi connectivity index (χ0v) is 10.1. The summed E-state index contributed by atoms with van der Waals surface area (Å²) >= 11 is 1.60. The van der Waals surface area contributed by atoms with Crippen molar-refractivity contribution in [3.8, 4) is 0 Å². The summed E-state index contributed by atoms with van der Waals surface area (Å²) in [6.45, 7) is 4.38. The van der Waals surface area contributed by atoms with Crippen LogP contribution in [0.2, 0.25) is 0 Å². The normalized spacial score (nSPS) is 22.6. The van der Waals surface area contributed by atoms with Crippen molar-refractivity contribution in [1.82, 2.24) is 10.1 Å². The molecule has 0 saturated carbocycles. The fourth-order valence-electron chi connectivity index (χ4n) is 1.56. The van der Waals surface area contributed by atoms with E-state index in [1.807, 2.05) is 13.8 Å². The number of hydrogen-bond acceptors (Lipinski definition) is 6. The van der Waals surface area contributed by atoms with Gasteiger partial charge in [0.15, 0.2) is 11.6 Å². The number of aromatic nitrogens is 2. The molecule has 1 saturated heterocycles. The molecule has 1 aromatic heterocycles. The van der Waals surface area contributed by atoms with E-state index in [2.05, 4.69) is 10.1 Å². The Bertz CT molecular complexity index is 380. The molecule has 2 atom stereocenters. The zero-order valence-electron chi connectivity index (χ0n) is 9.30. The third kappa shape index (κ3) is 2.27. The molecule has 0 aromatic carbocycles. The Morgan fingerprint density at radius 2 is 2.50 bits per heavy atom. The van der Waals surface area contributed by atoms with Gasteiger partial charge in [-0.15, -0.1) is 0 Å². The van der Waals surface area contributed by atoms with Gasteiger partial charge >= 0.3 is 0 Å². The van der Waals surface area contributed by atoms with E-state index in [9.17, 15) is 4.79 Å². The maximum Gasteiger partial charge on any atom is 0.238 e. The second-order valence-corrected chi connectivity index (χ2v) is 4.65. The lowest BCUT2D eigenvalue weighted by atomic mass is 10.1. The molecule has 0 aliphatic carbocycles. The number of carbonyl (C=O) groups is 1. The predicted octanol–water partition coefficient (Wildman–Crippen LogP) is 1.57. The summed E-state index contributed by atoms with van der Waals surface area (Å²) in [5.74, 6) is 2.18. The van der Waals surface area contributed by atoms with E-state index in [1.54, 1.807) is 11.8 Å². The van der Waals surface area contributed by atoms with Crippen LogP contribution in [0.25, 0.3) is 0 Å². The minimum atomic E-state index is -0.222. The Hall–Kier alpha value is -0.880. The molecular formula is C10H14N2O3S. The van der Waals surface area contributed by atoms with Crippen molar-refractivity contribution in [2.75, 3.05) is 18.1 Å². The zero-order chi connectivity index (χ0) is 11.5. The molecule has 5 nitrogen and oxygen atoms in total. The summed E-state index contributed by atoms with van der Waals surface area (Å²) in [5, 5.41) is 3.84. The Balaban J connectivity index is 2.09. The number of ether oxygens (including phenoxy) is 1. The Labute approximate surface area is 97.9 Å². The van der Waals surface area contributed by atoms with Crippen LogP contribution in [0.5, 0.6) is 0 Å². The van der Waals surface area contributed by atoms with Crippen LogP contribution >= 0.6 is 11.8 Å². The van der Waals surface area contributed by atoms with Crippen LogP contribution < -0.4 is 0 Å². The molecule has 2 unspecified atom stereocenters. The molecular weight excluding hydrogens is 228 g/mol. The third-order valence-corrected chi connectivity index (χ3v) is 3.51. The molecule has 0 amide bonds. The molecule has 1 aliphatic rings. The van der Waals surface area contributed by atoms with Gasteiger partial charge in [0.1, 0.15) is 12.0 Å². The first kappa shape index (κ1) is 11.6. The Kier molecular flexibility index (Phi) is 3.60. The SMILES string of the molecule is CCOC(C)c1noc(C2CSCC2=O)n1. The minimum Gasteiger partial charge on any atom is -0.371 e. The lowest BCUT2D eigenvalue weighted by molar-refractivity contribution is -0.117. The Morgan fingerprint density at radius 1 is 1.69 bits per heavy atom. The quantitative estimate of drug-likeness (QED) is 0.798. The summed E-state index contributed by atoms with van der Waals surface area (Å²) < 4.78 is 10.5. The largest absolute Gasteiger partial charge is 0.371 e. The van der Waals surface area contributed by atoms with Gasteiger partial charge in [-0.25, -0.2) is 0 Å². The first-order chi connectivity index (χ1) is 7.72. The maximum absolute atomic E-state index is 11.5. The fourth-order valence-corrected chi connectivity index (χ4v) is 2.64. The molecule has 1 fully saturated rings. The second-order valence-electron chi connectivity index (χ2n) is 3.62. The summed E-state index contributed by atoms with van der Waals surface area (Å²) in [6.07, 6.45) is -0.188. The van der Waals surface area contributed by atoms with Crippen LogP contribution in [-0.4, -0.2) is 34.0 Å². The van der Waals surface area contributed by atoms with Crippen molar-refractivity contribution >= 4 is 17.5 Å². The molecule has 0 radical (unpaired) electrons.